The van der Waals surface area contributed by atoms with E-state index in [1.54, 1.807) is 18.2 Å². The first-order valence-electron chi connectivity index (χ1n) is 11.5. The number of nitrogen functional groups attached to an aromatic ring is 2. The Labute approximate surface area is 194 Å². The summed E-state index contributed by atoms with van der Waals surface area (Å²) in [4.78, 5) is 2.46. The van der Waals surface area contributed by atoms with Gasteiger partial charge in [-0.15, -0.1) is 0 Å². The summed E-state index contributed by atoms with van der Waals surface area (Å²) >= 11 is 0. The Balaban J connectivity index is 1.25. The molecule has 2 aromatic carbocycles. The molecule has 1 fully saturated rings. The van der Waals surface area contributed by atoms with Gasteiger partial charge in [0.15, 0.2) is 0 Å². The Bertz CT molecular complexity index is 927. The summed E-state index contributed by atoms with van der Waals surface area (Å²) in [6.07, 6.45) is 5.49. The zero-order chi connectivity index (χ0) is 23.6. The highest BCUT2D eigenvalue weighted by molar-refractivity contribution is 5.95. The third-order valence-corrected chi connectivity index (χ3v) is 6.02. The van der Waals surface area contributed by atoms with Crippen LogP contribution in [0, 0.1) is 22.6 Å². The monoisotopic (exact) mass is 455 g/mol. The van der Waals surface area contributed by atoms with Gasteiger partial charge in [0.1, 0.15) is 29.0 Å². The summed E-state index contributed by atoms with van der Waals surface area (Å²) in [7, 11) is 0. The smallest absolute Gasteiger partial charge is 0.137 e. The van der Waals surface area contributed by atoms with Crippen molar-refractivity contribution in [3.05, 3.63) is 59.4 Å². The van der Waals surface area contributed by atoms with Crippen LogP contribution >= 0.6 is 0 Å². The van der Waals surface area contributed by atoms with Crippen LogP contribution in [0.2, 0.25) is 0 Å². The minimum Gasteiger partial charge on any atom is -0.494 e. The standard InChI is InChI=1S/C25H34FN5O2/c26-23-17-21(8-9-22(23)25(29)30)33-16-2-12-31-13-10-18(11-14-31)3-1-15-32-20-6-4-19(5-7-20)24(27)28/h4-9,17-18H,1-3,10-16H2,(H3,27,28)(H3,29,30). The summed E-state index contributed by atoms with van der Waals surface area (Å²) in [6.45, 7) is 4.40. The minimum atomic E-state index is -0.529. The number of ether oxygens (including phenoxy) is 2. The number of amidine groups is 2. The van der Waals surface area contributed by atoms with E-state index in [0.717, 1.165) is 44.1 Å². The molecule has 2 aromatic rings. The Morgan fingerprint density at radius 3 is 2.18 bits per heavy atom. The SMILES string of the molecule is N=C(N)c1ccc(OCCCC2CCN(CCCOc3ccc(C(=N)N)c(F)c3)CC2)cc1. The molecule has 0 aliphatic carbocycles. The van der Waals surface area contributed by atoms with E-state index in [9.17, 15) is 4.39 Å². The lowest BCUT2D eigenvalue weighted by Crippen LogP contribution is -2.35. The maximum Gasteiger partial charge on any atom is 0.137 e. The number of nitrogens with one attached hydrogen (secondary N) is 2. The molecule has 6 N–H and O–H groups in total. The first-order chi connectivity index (χ1) is 15.9. The Kier molecular flexibility index (Phi) is 9.06. The van der Waals surface area contributed by atoms with Crippen molar-refractivity contribution in [2.24, 2.45) is 17.4 Å². The maximum absolute atomic E-state index is 13.8. The number of hydrogen-bond acceptors (Lipinski definition) is 5. The molecule has 0 radical (unpaired) electrons. The Hall–Kier alpha value is -3.13. The zero-order valence-electron chi connectivity index (χ0n) is 19.0. The Morgan fingerprint density at radius 1 is 0.909 bits per heavy atom. The zero-order valence-corrected chi connectivity index (χ0v) is 19.0. The molecule has 0 atom stereocenters. The van der Waals surface area contributed by atoms with Crippen molar-refractivity contribution < 1.29 is 13.9 Å². The van der Waals surface area contributed by atoms with Gasteiger partial charge in [0.2, 0.25) is 0 Å². The molecule has 1 saturated heterocycles. The fourth-order valence-corrected chi connectivity index (χ4v) is 4.07. The highest BCUT2D eigenvalue weighted by atomic mass is 19.1. The van der Waals surface area contributed by atoms with E-state index in [1.807, 2.05) is 12.1 Å². The van der Waals surface area contributed by atoms with Crippen LogP contribution in [0.15, 0.2) is 42.5 Å². The van der Waals surface area contributed by atoms with Crippen molar-refractivity contribution in [2.75, 3.05) is 32.8 Å². The molecule has 0 aromatic heterocycles. The quantitative estimate of drug-likeness (QED) is 0.221. The van der Waals surface area contributed by atoms with Gasteiger partial charge in [0.25, 0.3) is 0 Å². The average Bonchev–Trinajstić information content (AvgIpc) is 2.80. The first-order valence-corrected chi connectivity index (χ1v) is 11.5. The fourth-order valence-electron chi connectivity index (χ4n) is 4.07. The van der Waals surface area contributed by atoms with Gasteiger partial charge < -0.3 is 25.8 Å². The van der Waals surface area contributed by atoms with E-state index < -0.39 is 5.82 Å². The molecule has 8 heteroatoms. The second kappa shape index (κ2) is 12.2. The van der Waals surface area contributed by atoms with Gasteiger partial charge >= 0.3 is 0 Å². The van der Waals surface area contributed by atoms with Crippen LogP contribution in [-0.4, -0.2) is 49.4 Å². The predicted octanol–water partition coefficient (Wildman–Crippen LogP) is 3.73. The van der Waals surface area contributed by atoms with Gasteiger partial charge in [-0.25, -0.2) is 4.39 Å². The molecule has 0 saturated carbocycles. The molecule has 0 spiro atoms. The molecular weight excluding hydrogens is 421 g/mol. The lowest BCUT2D eigenvalue weighted by molar-refractivity contribution is 0.161. The van der Waals surface area contributed by atoms with Crippen molar-refractivity contribution in [1.29, 1.82) is 10.8 Å². The summed E-state index contributed by atoms with van der Waals surface area (Å²) in [6, 6.07) is 11.7. The molecule has 0 bridgehead atoms. The van der Waals surface area contributed by atoms with Crippen LogP contribution in [0.3, 0.4) is 0 Å². The highest BCUT2D eigenvalue weighted by Crippen LogP contribution is 2.23. The van der Waals surface area contributed by atoms with Gasteiger partial charge in [-0.1, -0.05) is 0 Å². The lowest BCUT2D eigenvalue weighted by atomic mass is 9.92. The first kappa shape index (κ1) is 24.5. The second-order valence-corrected chi connectivity index (χ2v) is 8.47. The average molecular weight is 456 g/mol. The van der Waals surface area contributed by atoms with Crippen LogP contribution in [0.1, 0.15) is 43.2 Å². The molecule has 7 nitrogen and oxygen atoms in total. The summed E-state index contributed by atoms with van der Waals surface area (Å²) < 4.78 is 25.3. The molecule has 178 valence electrons. The van der Waals surface area contributed by atoms with Crippen LogP contribution in [0.4, 0.5) is 4.39 Å². The molecule has 3 rings (SSSR count). The van der Waals surface area contributed by atoms with E-state index in [4.69, 9.17) is 31.8 Å². The van der Waals surface area contributed by atoms with Gasteiger partial charge in [-0.2, -0.15) is 0 Å². The van der Waals surface area contributed by atoms with Crippen LogP contribution in [0.5, 0.6) is 11.5 Å². The van der Waals surface area contributed by atoms with Gasteiger partial charge in [-0.3, -0.25) is 10.8 Å². The highest BCUT2D eigenvalue weighted by Gasteiger charge is 2.18. The van der Waals surface area contributed by atoms with Gasteiger partial charge in [0, 0.05) is 18.2 Å². The van der Waals surface area contributed by atoms with Crippen LogP contribution in [-0.2, 0) is 0 Å². The van der Waals surface area contributed by atoms with E-state index in [0.29, 0.717) is 24.5 Å². The summed E-state index contributed by atoms with van der Waals surface area (Å²) in [5.74, 6) is 1.27. The molecule has 1 heterocycles. The largest absolute Gasteiger partial charge is 0.494 e. The molecular formula is C25H34FN5O2. The third-order valence-electron chi connectivity index (χ3n) is 6.02. The maximum atomic E-state index is 13.8. The number of nitrogens with zero attached hydrogens (tertiary/aromatic N) is 1. The molecule has 1 aliphatic heterocycles. The van der Waals surface area contributed by atoms with Crippen molar-refractivity contribution in [2.45, 2.75) is 32.1 Å². The van der Waals surface area contributed by atoms with E-state index in [-0.39, 0.29) is 17.2 Å². The normalized spacial score (nSPS) is 14.7. The van der Waals surface area contributed by atoms with Gasteiger partial charge in [0.05, 0.1) is 18.8 Å². The van der Waals surface area contributed by atoms with Crippen molar-refractivity contribution in [1.82, 2.24) is 4.90 Å². The topological polar surface area (TPSA) is 121 Å². The van der Waals surface area contributed by atoms with Gasteiger partial charge in [-0.05, 0) is 87.5 Å². The van der Waals surface area contributed by atoms with Crippen molar-refractivity contribution in [3.8, 4) is 11.5 Å². The number of hydrogen-bond donors (Lipinski definition) is 4. The van der Waals surface area contributed by atoms with Crippen LogP contribution < -0.4 is 20.9 Å². The predicted molar refractivity (Wildman–Crippen MR) is 129 cm³/mol. The van der Waals surface area contributed by atoms with E-state index >= 15 is 0 Å². The Morgan fingerprint density at radius 2 is 1.55 bits per heavy atom. The van der Waals surface area contributed by atoms with Crippen molar-refractivity contribution >= 4 is 11.7 Å². The molecule has 1 aliphatic rings. The minimum absolute atomic E-state index is 0.0660. The number of nitrogens with two attached hydrogens (primary N) is 2. The number of likely N-dealkylation sites (tertiary alicyclic amines) is 1. The third kappa shape index (κ3) is 7.75. The molecule has 0 amide bonds. The van der Waals surface area contributed by atoms with Crippen molar-refractivity contribution in [3.63, 3.8) is 0 Å². The number of halogens is 1. The molecule has 0 unspecified atom stereocenters. The number of piperidine rings is 1. The molecule has 33 heavy (non-hydrogen) atoms. The number of benzene rings is 2. The van der Waals surface area contributed by atoms with Crippen LogP contribution in [0.25, 0.3) is 0 Å². The fraction of sp³-hybridized carbons (Fsp3) is 0.440. The lowest BCUT2D eigenvalue weighted by Gasteiger charge is -2.32. The van der Waals surface area contributed by atoms with E-state index in [2.05, 4.69) is 4.90 Å². The second-order valence-electron chi connectivity index (χ2n) is 8.47. The number of rotatable bonds is 12. The summed E-state index contributed by atoms with van der Waals surface area (Å²) in [5, 5.41) is 14.7. The summed E-state index contributed by atoms with van der Waals surface area (Å²) in [5.41, 5.74) is 11.6. The van der Waals surface area contributed by atoms with E-state index in [1.165, 1.54) is 31.4 Å².